The highest BCUT2D eigenvalue weighted by atomic mass is 79.9. The van der Waals surface area contributed by atoms with Crippen molar-refractivity contribution in [2.45, 2.75) is 18.6 Å². The molecule has 0 unspecified atom stereocenters. The van der Waals surface area contributed by atoms with Gasteiger partial charge in [0.1, 0.15) is 0 Å². The molecule has 0 aliphatic rings. The average molecular weight is 452 g/mol. The Morgan fingerprint density at radius 2 is 2.00 bits per heavy atom. The van der Waals surface area contributed by atoms with E-state index in [0.717, 1.165) is 22.4 Å². The van der Waals surface area contributed by atoms with Crippen LogP contribution in [-0.2, 0) is 11.3 Å². The highest BCUT2D eigenvalue weighted by molar-refractivity contribution is 9.10. The lowest BCUT2D eigenvalue weighted by molar-refractivity contribution is -0.113. The van der Waals surface area contributed by atoms with Crippen LogP contribution in [0, 0.1) is 0 Å². The number of carbonyl (C=O) groups is 1. The molecule has 0 aliphatic carbocycles. The number of hydrogen-bond acceptors (Lipinski definition) is 4. The molecule has 134 valence electrons. The molecular formula is C18H16BrClN4OS. The van der Waals surface area contributed by atoms with Crippen LogP contribution in [-0.4, -0.2) is 26.4 Å². The van der Waals surface area contributed by atoms with E-state index in [1.165, 1.54) is 11.8 Å². The van der Waals surface area contributed by atoms with Crippen LogP contribution in [0.3, 0.4) is 0 Å². The number of aromatic nitrogens is 3. The quantitative estimate of drug-likeness (QED) is 0.529. The molecule has 3 rings (SSSR count). The highest BCUT2D eigenvalue weighted by Crippen LogP contribution is 2.27. The van der Waals surface area contributed by atoms with Gasteiger partial charge < -0.3 is 9.88 Å². The number of nitrogens with zero attached hydrogens (tertiary/aromatic N) is 3. The van der Waals surface area contributed by atoms with E-state index in [1.54, 1.807) is 12.1 Å². The Morgan fingerprint density at radius 1 is 1.23 bits per heavy atom. The molecule has 5 nitrogen and oxygen atoms in total. The first-order valence-electron chi connectivity index (χ1n) is 7.94. The molecule has 26 heavy (non-hydrogen) atoms. The highest BCUT2D eigenvalue weighted by Gasteiger charge is 2.15. The third-order valence-corrected chi connectivity index (χ3v) is 5.38. The molecule has 3 aromatic rings. The molecule has 0 spiro atoms. The van der Waals surface area contributed by atoms with Crippen molar-refractivity contribution in [2.24, 2.45) is 0 Å². The number of anilines is 1. The first kappa shape index (κ1) is 18.9. The zero-order valence-corrected chi connectivity index (χ0v) is 17.1. The fourth-order valence-corrected chi connectivity index (χ4v) is 3.91. The van der Waals surface area contributed by atoms with E-state index < -0.39 is 0 Å². The van der Waals surface area contributed by atoms with Crippen LogP contribution in [0.2, 0.25) is 5.02 Å². The zero-order chi connectivity index (χ0) is 18.5. The molecule has 8 heteroatoms. The van der Waals surface area contributed by atoms with Crippen molar-refractivity contribution >= 4 is 50.9 Å². The SMILES string of the molecule is CCn1c(SCC(=O)Nc2ccc(Br)cc2Cl)nnc1-c1ccccc1. The van der Waals surface area contributed by atoms with Gasteiger partial charge in [-0.1, -0.05) is 69.6 Å². The number of benzene rings is 2. The van der Waals surface area contributed by atoms with Gasteiger partial charge in [-0.2, -0.15) is 0 Å². The summed E-state index contributed by atoms with van der Waals surface area (Å²) in [5.74, 6) is 0.873. The van der Waals surface area contributed by atoms with Crippen LogP contribution in [0.15, 0.2) is 58.2 Å². The summed E-state index contributed by atoms with van der Waals surface area (Å²) >= 11 is 10.8. The van der Waals surface area contributed by atoms with Crippen LogP contribution in [0.1, 0.15) is 6.92 Å². The van der Waals surface area contributed by atoms with Gasteiger partial charge in [-0.25, -0.2) is 0 Å². The van der Waals surface area contributed by atoms with Crippen molar-refractivity contribution in [3.8, 4) is 11.4 Å². The zero-order valence-electron chi connectivity index (χ0n) is 13.9. The topological polar surface area (TPSA) is 59.8 Å². The summed E-state index contributed by atoms with van der Waals surface area (Å²) in [6.07, 6.45) is 0. The lowest BCUT2D eigenvalue weighted by atomic mass is 10.2. The number of thioether (sulfide) groups is 1. The molecular weight excluding hydrogens is 436 g/mol. The minimum Gasteiger partial charge on any atom is -0.324 e. The van der Waals surface area contributed by atoms with E-state index in [0.29, 0.717) is 15.9 Å². The van der Waals surface area contributed by atoms with Crippen molar-refractivity contribution in [2.75, 3.05) is 11.1 Å². The Kier molecular flexibility index (Phi) is 6.34. The van der Waals surface area contributed by atoms with Gasteiger partial charge in [0.2, 0.25) is 5.91 Å². The van der Waals surface area contributed by atoms with Gasteiger partial charge in [-0.3, -0.25) is 4.79 Å². The summed E-state index contributed by atoms with van der Waals surface area (Å²) < 4.78 is 2.86. The van der Waals surface area contributed by atoms with E-state index in [2.05, 4.69) is 31.4 Å². The number of halogens is 2. The summed E-state index contributed by atoms with van der Waals surface area (Å²) in [4.78, 5) is 12.2. The second-order valence-electron chi connectivity index (χ2n) is 5.38. The van der Waals surface area contributed by atoms with Gasteiger partial charge >= 0.3 is 0 Å². The standard InChI is InChI=1S/C18H16BrClN4OS/c1-2-24-17(12-6-4-3-5-7-12)22-23-18(24)26-11-16(25)21-15-9-8-13(19)10-14(15)20/h3-10H,2,11H2,1H3,(H,21,25). The number of amides is 1. The van der Waals surface area contributed by atoms with Crippen LogP contribution < -0.4 is 5.32 Å². The summed E-state index contributed by atoms with van der Waals surface area (Å²) in [5, 5.41) is 12.5. The smallest absolute Gasteiger partial charge is 0.234 e. The van der Waals surface area contributed by atoms with Gasteiger partial charge in [0.05, 0.1) is 16.5 Å². The van der Waals surface area contributed by atoms with Crippen molar-refractivity contribution < 1.29 is 4.79 Å². The number of carbonyl (C=O) groups excluding carboxylic acids is 1. The monoisotopic (exact) mass is 450 g/mol. The van der Waals surface area contributed by atoms with E-state index in [9.17, 15) is 4.79 Å². The third-order valence-electron chi connectivity index (χ3n) is 3.60. The molecule has 0 bridgehead atoms. The first-order chi connectivity index (χ1) is 12.6. The van der Waals surface area contributed by atoms with Crippen molar-refractivity contribution in [3.63, 3.8) is 0 Å². The third kappa shape index (κ3) is 4.47. The van der Waals surface area contributed by atoms with Gasteiger partial charge in [0, 0.05) is 16.6 Å². The molecule has 1 amide bonds. The lowest BCUT2D eigenvalue weighted by Gasteiger charge is -2.09. The Balaban J connectivity index is 1.68. The second-order valence-corrected chi connectivity index (χ2v) is 7.64. The van der Waals surface area contributed by atoms with Crippen molar-refractivity contribution in [3.05, 3.63) is 58.0 Å². The Morgan fingerprint density at radius 3 is 2.69 bits per heavy atom. The minimum atomic E-state index is -0.147. The van der Waals surface area contributed by atoms with Crippen LogP contribution >= 0.6 is 39.3 Å². The Bertz CT molecular complexity index is 917. The summed E-state index contributed by atoms with van der Waals surface area (Å²) in [5.41, 5.74) is 1.59. The van der Waals surface area contributed by atoms with E-state index in [-0.39, 0.29) is 11.7 Å². The number of rotatable bonds is 6. The lowest BCUT2D eigenvalue weighted by Crippen LogP contribution is -2.15. The predicted octanol–water partition coefficient (Wildman–Crippen LogP) is 5.11. The van der Waals surface area contributed by atoms with E-state index in [4.69, 9.17) is 11.6 Å². The maximum absolute atomic E-state index is 12.2. The maximum Gasteiger partial charge on any atom is 0.234 e. The molecule has 1 aromatic heterocycles. The van der Waals surface area contributed by atoms with Crippen molar-refractivity contribution in [1.82, 2.24) is 14.8 Å². The molecule has 0 saturated heterocycles. The average Bonchev–Trinajstić information content (AvgIpc) is 3.06. The maximum atomic E-state index is 12.2. The van der Waals surface area contributed by atoms with Crippen LogP contribution in [0.25, 0.3) is 11.4 Å². The molecule has 1 heterocycles. The second kappa shape index (κ2) is 8.70. The summed E-state index contributed by atoms with van der Waals surface area (Å²) in [6.45, 7) is 2.75. The Labute approximate surface area is 169 Å². The molecule has 0 saturated carbocycles. The fraction of sp³-hybridized carbons (Fsp3) is 0.167. The number of nitrogens with one attached hydrogen (secondary N) is 1. The summed E-state index contributed by atoms with van der Waals surface area (Å²) in [7, 11) is 0. The molecule has 0 radical (unpaired) electrons. The normalized spacial score (nSPS) is 10.7. The Hall–Kier alpha value is -1.83. The van der Waals surface area contributed by atoms with Gasteiger partial charge in [0.25, 0.3) is 0 Å². The molecule has 2 aromatic carbocycles. The van der Waals surface area contributed by atoms with Gasteiger partial charge in [-0.15, -0.1) is 10.2 Å². The van der Waals surface area contributed by atoms with Crippen LogP contribution in [0.5, 0.6) is 0 Å². The minimum absolute atomic E-state index is 0.147. The fourth-order valence-electron chi connectivity index (χ4n) is 2.39. The van der Waals surface area contributed by atoms with Gasteiger partial charge in [0.15, 0.2) is 11.0 Å². The summed E-state index contributed by atoms with van der Waals surface area (Å²) in [6, 6.07) is 15.2. The van der Waals surface area contributed by atoms with Gasteiger partial charge in [-0.05, 0) is 25.1 Å². The first-order valence-corrected chi connectivity index (χ1v) is 10.1. The largest absolute Gasteiger partial charge is 0.324 e. The van der Waals surface area contributed by atoms with E-state index >= 15 is 0 Å². The molecule has 0 aliphatic heterocycles. The number of hydrogen-bond donors (Lipinski definition) is 1. The molecule has 0 fully saturated rings. The predicted molar refractivity (Wildman–Crippen MR) is 110 cm³/mol. The van der Waals surface area contributed by atoms with Crippen molar-refractivity contribution in [1.29, 1.82) is 0 Å². The van der Waals surface area contributed by atoms with Crippen LogP contribution in [0.4, 0.5) is 5.69 Å². The van der Waals surface area contributed by atoms with E-state index in [1.807, 2.05) is 47.9 Å². The molecule has 0 atom stereocenters. The molecule has 1 N–H and O–H groups in total.